The van der Waals surface area contributed by atoms with Gasteiger partial charge in [-0.3, -0.25) is 0 Å². The smallest absolute Gasteiger partial charge is 0.173 e. The highest BCUT2D eigenvalue weighted by Gasteiger charge is 2.26. The molecule has 3 heteroatoms. The van der Waals surface area contributed by atoms with E-state index in [2.05, 4.69) is 11.0 Å². The van der Waals surface area contributed by atoms with E-state index >= 15 is 0 Å². The van der Waals surface area contributed by atoms with Crippen LogP contribution in [-0.4, -0.2) is 19.8 Å². The summed E-state index contributed by atoms with van der Waals surface area (Å²) in [6.07, 6.45) is 0.980. The molecule has 0 fully saturated rings. The summed E-state index contributed by atoms with van der Waals surface area (Å²) in [5.74, 6) is 0.962. The molecule has 2 N–H and O–H groups in total. The van der Waals surface area contributed by atoms with Crippen molar-refractivity contribution in [2.75, 3.05) is 18.5 Å². The first kappa shape index (κ1) is 8.38. The molecule has 0 aliphatic carbocycles. The van der Waals surface area contributed by atoms with Crippen molar-refractivity contribution in [1.82, 2.24) is 0 Å². The molecule has 1 aromatic rings. The topological polar surface area (TPSA) is 38.5 Å². The summed E-state index contributed by atoms with van der Waals surface area (Å²) >= 11 is 0. The molecule has 1 unspecified atom stereocenters. The molecule has 3 nitrogen and oxygen atoms in total. The van der Waals surface area contributed by atoms with Gasteiger partial charge in [-0.05, 0) is 18.7 Å². The molecule has 0 aromatic heterocycles. The Labute approximate surface area is 78.1 Å². The number of para-hydroxylation sites is 2. The molecular formula is C10H14N2O. The van der Waals surface area contributed by atoms with Gasteiger partial charge >= 0.3 is 0 Å². The summed E-state index contributed by atoms with van der Waals surface area (Å²) in [6.45, 7) is 0.656. The highest BCUT2D eigenvalue weighted by atomic mass is 16.5. The molecule has 1 aliphatic rings. The Morgan fingerprint density at radius 1 is 1.46 bits per heavy atom. The van der Waals surface area contributed by atoms with Crippen molar-refractivity contribution in [2.45, 2.75) is 12.6 Å². The number of hydrogen-bond donors (Lipinski definition) is 1. The average Bonchev–Trinajstić information content (AvgIpc) is 2.46. The molecule has 0 saturated heterocycles. The molecule has 1 heterocycles. The third-order valence-electron chi connectivity index (χ3n) is 2.35. The minimum absolute atomic E-state index is 0.113. The normalized spacial score (nSPS) is 19.8. The first-order valence-corrected chi connectivity index (χ1v) is 4.51. The van der Waals surface area contributed by atoms with Crippen molar-refractivity contribution < 1.29 is 4.74 Å². The first-order chi connectivity index (χ1) is 6.33. The lowest BCUT2D eigenvalue weighted by Crippen LogP contribution is -2.32. The number of nitrogens with zero attached hydrogens (tertiary/aromatic N) is 1. The van der Waals surface area contributed by atoms with Crippen molar-refractivity contribution in [3.8, 4) is 5.75 Å². The lowest BCUT2D eigenvalue weighted by molar-refractivity contribution is 0.221. The Bertz CT molecular complexity index is 301. The fourth-order valence-electron chi connectivity index (χ4n) is 1.62. The predicted octanol–water partition coefficient (Wildman–Crippen LogP) is 1.19. The van der Waals surface area contributed by atoms with Crippen LogP contribution in [0.4, 0.5) is 5.69 Å². The third kappa shape index (κ3) is 1.35. The van der Waals surface area contributed by atoms with E-state index in [1.807, 2.05) is 25.2 Å². The maximum absolute atomic E-state index is 5.71. The zero-order valence-corrected chi connectivity index (χ0v) is 7.73. The summed E-state index contributed by atoms with van der Waals surface area (Å²) in [5, 5.41) is 0. The molecule has 0 amide bonds. The van der Waals surface area contributed by atoms with E-state index in [1.165, 1.54) is 0 Å². The highest BCUT2D eigenvalue weighted by molar-refractivity contribution is 5.61. The van der Waals surface area contributed by atoms with Crippen LogP contribution in [0, 0.1) is 0 Å². The number of rotatable bonds is 2. The van der Waals surface area contributed by atoms with E-state index in [-0.39, 0.29) is 6.23 Å². The molecule has 13 heavy (non-hydrogen) atoms. The minimum Gasteiger partial charge on any atom is -0.468 e. The van der Waals surface area contributed by atoms with Gasteiger partial charge in [-0.25, -0.2) is 0 Å². The fraction of sp³-hybridized carbons (Fsp3) is 0.400. The van der Waals surface area contributed by atoms with Crippen LogP contribution < -0.4 is 15.4 Å². The molecule has 0 saturated carbocycles. The monoisotopic (exact) mass is 178 g/mol. The van der Waals surface area contributed by atoms with Crippen LogP contribution in [0.3, 0.4) is 0 Å². The Morgan fingerprint density at radius 3 is 2.92 bits per heavy atom. The largest absolute Gasteiger partial charge is 0.468 e. The summed E-state index contributed by atoms with van der Waals surface area (Å²) in [5.41, 5.74) is 6.65. The number of hydrogen-bond acceptors (Lipinski definition) is 3. The molecule has 1 atom stereocenters. The van der Waals surface area contributed by atoms with Crippen LogP contribution >= 0.6 is 0 Å². The van der Waals surface area contributed by atoms with E-state index in [4.69, 9.17) is 10.5 Å². The van der Waals surface area contributed by atoms with Gasteiger partial charge in [0.1, 0.15) is 5.75 Å². The lowest BCUT2D eigenvalue weighted by Gasteiger charge is -2.19. The van der Waals surface area contributed by atoms with Gasteiger partial charge < -0.3 is 15.4 Å². The molecule has 1 aromatic carbocycles. The molecule has 0 spiro atoms. The molecule has 70 valence electrons. The Morgan fingerprint density at radius 2 is 2.23 bits per heavy atom. The zero-order valence-electron chi connectivity index (χ0n) is 7.73. The average molecular weight is 178 g/mol. The fourth-order valence-corrected chi connectivity index (χ4v) is 1.62. The Hall–Kier alpha value is -1.22. The van der Waals surface area contributed by atoms with Gasteiger partial charge in [0.05, 0.1) is 5.69 Å². The van der Waals surface area contributed by atoms with E-state index < -0.39 is 0 Å². The summed E-state index contributed by atoms with van der Waals surface area (Å²) in [4.78, 5) is 2.13. The van der Waals surface area contributed by atoms with E-state index in [9.17, 15) is 0 Å². The number of benzene rings is 1. The van der Waals surface area contributed by atoms with Gasteiger partial charge in [0, 0.05) is 13.5 Å². The quantitative estimate of drug-likeness (QED) is 0.739. The molecule has 2 rings (SSSR count). The van der Waals surface area contributed by atoms with Gasteiger partial charge in [0.2, 0.25) is 0 Å². The predicted molar refractivity (Wildman–Crippen MR) is 52.9 cm³/mol. The lowest BCUT2D eigenvalue weighted by atomic mass is 10.3. The van der Waals surface area contributed by atoms with Crippen LogP contribution in [0.25, 0.3) is 0 Å². The highest BCUT2D eigenvalue weighted by Crippen LogP contribution is 2.36. The van der Waals surface area contributed by atoms with E-state index in [1.54, 1.807) is 0 Å². The van der Waals surface area contributed by atoms with Gasteiger partial charge in [-0.15, -0.1) is 0 Å². The van der Waals surface area contributed by atoms with Crippen LogP contribution in [0.5, 0.6) is 5.75 Å². The first-order valence-electron chi connectivity index (χ1n) is 4.51. The Kier molecular flexibility index (Phi) is 2.10. The van der Waals surface area contributed by atoms with Gasteiger partial charge in [0.15, 0.2) is 6.23 Å². The number of anilines is 1. The Balaban J connectivity index is 2.22. The van der Waals surface area contributed by atoms with Crippen molar-refractivity contribution in [1.29, 1.82) is 0 Å². The SMILES string of the molecule is CN1c2ccccc2OC1CCN. The van der Waals surface area contributed by atoms with Crippen molar-refractivity contribution in [2.24, 2.45) is 5.73 Å². The van der Waals surface area contributed by atoms with Crippen LogP contribution in [-0.2, 0) is 0 Å². The maximum atomic E-state index is 5.71. The summed E-state index contributed by atoms with van der Waals surface area (Å²) in [6, 6.07) is 8.05. The van der Waals surface area contributed by atoms with Crippen LogP contribution in [0.2, 0.25) is 0 Å². The van der Waals surface area contributed by atoms with Gasteiger partial charge in [0.25, 0.3) is 0 Å². The van der Waals surface area contributed by atoms with Gasteiger partial charge in [-0.1, -0.05) is 12.1 Å². The second kappa shape index (κ2) is 3.26. The van der Waals surface area contributed by atoms with Crippen molar-refractivity contribution in [3.63, 3.8) is 0 Å². The summed E-state index contributed by atoms with van der Waals surface area (Å²) in [7, 11) is 2.03. The molecule has 0 radical (unpaired) electrons. The molecule has 1 aliphatic heterocycles. The number of ether oxygens (including phenoxy) is 1. The van der Waals surface area contributed by atoms with Gasteiger partial charge in [-0.2, -0.15) is 0 Å². The standard InChI is InChI=1S/C10H14N2O/c1-12-8-4-2-3-5-9(8)13-10(12)6-7-11/h2-5,10H,6-7,11H2,1H3. The third-order valence-corrected chi connectivity index (χ3v) is 2.35. The van der Waals surface area contributed by atoms with E-state index in [0.717, 1.165) is 17.9 Å². The zero-order chi connectivity index (χ0) is 9.26. The second-order valence-electron chi connectivity index (χ2n) is 3.23. The van der Waals surface area contributed by atoms with Crippen LogP contribution in [0.1, 0.15) is 6.42 Å². The molecule has 0 bridgehead atoms. The summed E-state index contributed by atoms with van der Waals surface area (Å²) < 4.78 is 5.71. The van der Waals surface area contributed by atoms with Crippen molar-refractivity contribution >= 4 is 5.69 Å². The van der Waals surface area contributed by atoms with Crippen molar-refractivity contribution in [3.05, 3.63) is 24.3 Å². The second-order valence-corrected chi connectivity index (χ2v) is 3.23. The maximum Gasteiger partial charge on any atom is 0.173 e. The number of fused-ring (bicyclic) bond motifs is 1. The minimum atomic E-state index is 0.113. The number of nitrogens with two attached hydrogens (primary N) is 1. The molecular weight excluding hydrogens is 164 g/mol. The van der Waals surface area contributed by atoms with E-state index in [0.29, 0.717) is 6.54 Å². The van der Waals surface area contributed by atoms with Crippen LogP contribution in [0.15, 0.2) is 24.3 Å².